The van der Waals surface area contributed by atoms with Gasteiger partial charge in [-0.1, -0.05) is 12.1 Å². The lowest BCUT2D eigenvalue weighted by Gasteiger charge is -2.18. The highest BCUT2D eigenvalue weighted by Crippen LogP contribution is 2.49. The second kappa shape index (κ2) is 5.80. The third-order valence-corrected chi connectivity index (χ3v) is 5.41. The van der Waals surface area contributed by atoms with E-state index in [0.717, 1.165) is 33.4 Å². The summed E-state index contributed by atoms with van der Waals surface area (Å²) in [5.74, 6) is 0.347. The third kappa shape index (κ3) is 2.50. The molecule has 0 saturated heterocycles. The number of benzene rings is 2. The number of phenolic OH excluding ortho intramolecular Hbond substituents is 2. The zero-order chi connectivity index (χ0) is 17.6. The Bertz CT molecular complexity index is 1040. The Hall–Kier alpha value is -3.03. The maximum absolute atomic E-state index is 10.1. The summed E-state index contributed by atoms with van der Waals surface area (Å²) in [5, 5.41) is 33.0. The van der Waals surface area contributed by atoms with Gasteiger partial charge in [0.05, 0.1) is 5.56 Å². The van der Waals surface area contributed by atoms with Crippen LogP contribution >= 0.6 is 11.3 Å². The van der Waals surface area contributed by atoms with Crippen LogP contribution in [0.25, 0.3) is 11.6 Å². The molecular weight excluding hydrogens is 330 g/mol. The van der Waals surface area contributed by atoms with E-state index >= 15 is 0 Å². The molecule has 1 heterocycles. The van der Waals surface area contributed by atoms with Gasteiger partial charge in [0.2, 0.25) is 0 Å². The first kappa shape index (κ1) is 15.5. The van der Waals surface area contributed by atoms with Crippen molar-refractivity contribution in [2.24, 2.45) is 0 Å². The fraction of sp³-hybridized carbons (Fsp3) is 0.0952. The lowest BCUT2D eigenvalue weighted by atomic mass is 9.84. The Morgan fingerprint density at radius 1 is 1.00 bits per heavy atom. The lowest BCUT2D eigenvalue weighted by Crippen LogP contribution is -2.02. The molecule has 0 amide bonds. The molecule has 25 heavy (non-hydrogen) atoms. The fourth-order valence-electron chi connectivity index (χ4n) is 3.51. The second-order valence-corrected chi connectivity index (χ2v) is 6.94. The van der Waals surface area contributed by atoms with E-state index in [0.29, 0.717) is 5.56 Å². The van der Waals surface area contributed by atoms with Gasteiger partial charge in [-0.15, -0.1) is 0 Å². The van der Waals surface area contributed by atoms with Crippen molar-refractivity contribution in [1.29, 1.82) is 5.26 Å². The molecule has 4 heteroatoms. The summed E-state index contributed by atoms with van der Waals surface area (Å²) in [7, 11) is 0. The number of phenols is 2. The first-order chi connectivity index (χ1) is 12.1. The minimum atomic E-state index is -0.105. The summed E-state index contributed by atoms with van der Waals surface area (Å²) in [6.45, 7) is 1.98. The Kier molecular flexibility index (Phi) is 3.60. The van der Waals surface area contributed by atoms with Gasteiger partial charge in [-0.25, -0.2) is 0 Å². The average Bonchev–Trinajstić information content (AvgIpc) is 3.19. The number of aromatic hydroxyl groups is 2. The Labute approximate surface area is 149 Å². The number of nitriles is 1. The predicted molar refractivity (Wildman–Crippen MR) is 99.7 cm³/mol. The van der Waals surface area contributed by atoms with Crippen LogP contribution in [0, 0.1) is 18.3 Å². The maximum Gasteiger partial charge on any atom is 0.116 e. The molecule has 2 aromatic carbocycles. The van der Waals surface area contributed by atoms with E-state index in [1.165, 1.54) is 11.3 Å². The molecule has 3 aromatic rings. The zero-order valence-corrected chi connectivity index (χ0v) is 14.3. The number of rotatable bonds is 2. The van der Waals surface area contributed by atoms with E-state index in [9.17, 15) is 15.5 Å². The maximum atomic E-state index is 10.1. The third-order valence-electron chi connectivity index (χ3n) is 4.65. The van der Waals surface area contributed by atoms with Crippen molar-refractivity contribution >= 4 is 23.0 Å². The Morgan fingerprint density at radius 3 is 2.48 bits per heavy atom. The topological polar surface area (TPSA) is 64.2 Å². The molecule has 1 aromatic heterocycles. The molecule has 0 spiro atoms. The van der Waals surface area contributed by atoms with Crippen molar-refractivity contribution in [1.82, 2.24) is 0 Å². The van der Waals surface area contributed by atoms with Gasteiger partial charge in [0.25, 0.3) is 0 Å². The molecule has 2 N–H and O–H groups in total. The van der Waals surface area contributed by atoms with Gasteiger partial charge in [0, 0.05) is 11.3 Å². The van der Waals surface area contributed by atoms with Crippen LogP contribution < -0.4 is 0 Å². The molecule has 0 saturated carbocycles. The van der Waals surface area contributed by atoms with E-state index in [1.54, 1.807) is 24.3 Å². The number of nitrogens with zero attached hydrogens (tertiary/aromatic N) is 1. The molecule has 0 bridgehead atoms. The second-order valence-electron chi connectivity index (χ2n) is 6.20. The van der Waals surface area contributed by atoms with Gasteiger partial charge < -0.3 is 10.2 Å². The molecule has 122 valence electrons. The molecular formula is C21H15NO2S. The van der Waals surface area contributed by atoms with E-state index in [2.05, 4.69) is 12.1 Å². The van der Waals surface area contributed by atoms with Crippen LogP contribution in [0.4, 0.5) is 0 Å². The van der Waals surface area contributed by atoms with Gasteiger partial charge in [-0.05, 0) is 76.0 Å². The zero-order valence-electron chi connectivity index (χ0n) is 13.5. The van der Waals surface area contributed by atoms with Gasteiger partial charge in [-0.2, -0.15) is 16.6 Å². The highest BCUT2D eigenvalue weighted by molar-refractivity contribution is 7.08. The summed E-state index contributed by atoms with van der Waals surface area (Å²) in [5.41, 5.74) is 6.77. The predicted octanol–water partition coefficient (Wildman–Crippen LogP) is 5.03. The largest absolute Gasteiger partial charge is 0.508 e. The van der Waals surface area contributed by atoms with Crippen LogP contribution in [0.15, 0.2) is 47.2 Å². The smallest absolute Gasteiger partial charge is 0.116 e. The van der Waals surface area contributed by atoms with E-state index < -0.39 is 0 Å². The number of aryl methyl sites for hydroxylation is 1. The van der Waals surface area contributed by atoms with Gasteiger partial charge >= 0.3 is 0 Å². The van der Waals surface area contributed by atoms with Crippen LogP contribution in [0.2, 0.25) is 0 Å². The minimum Gasteiger partial charge on any atom is -0.508 e. The minimum absolute atomic E-state index is 0.105. The molecule has 1 aliphatic rings. The van der Waals surface area contributed by atoms with Crippen molar-refractivity contribution in [3.05, 3.63) is 80.5 Å². The van der Waals surface area contributed by atoms with Crippen molar-refractivity contribution < 1.29 is 10.2 Å². The van der Waals surface area contributed by atoms with Gasteiger partial charge in [0.1, 0.15) is 17.6 Å². The molecule has 1 aliphatic carbocycles. The van der Waals surface area contributed by atoms with Crippen LogP contribution in [-0.2, 0) is 0 Å². The summed E-state index contributed by atoms with van der Waals surface area (Å²) in [4.78, 5) is 0. The molecule has 1 atom stereocenters. The first-order valence-corrected chi connectivity index (χ1v) is 8.83. The number of allylic oxidation sites excluding steroid dienone is 1. The van der Waals surface area contributed by atoms with Gasteiger partial charge in [-0.3, -0.25) is 0 Å². The first-order valence-electron chi connectivity index (χ1n) is 7.89. The number of hydrogen-bond acceptors (Lipinski definition) is 4. The summed E-state index contributed by atoms with van der Waals surface area (Å²) < 4.78 is 0. The standard InChI is InChI=1S/C21H15NO2S/c1-12-6-16(24)7-19-17(12)8-18(13-2-4-15(23)5-3-13)21(19)20-11-25-10-14(20)9-22/h2-8,10-11,21,23-24H,1H3. The van der Waals surface area contributed by atoms with E-state index in [-0.39, 0.29) is 17.4 Å². The van der Waals surface area contributed by atoms with Crippen molar-refractivity contribution in [3.63, 3.8) is 0 Å². The summed E-state index contributed by atoms with van der Waals surface area (Å²) >= 11 is 1.51. The summed E-state index contributed by atoms with van der Waals surface area (Å²) in [6.07, 6.45) is 2.12. The average molecular weight is 345 g/mol. The van der Waals surface area contributed by atoms with Crippen molar-refractivity contribution in [3.8, 4) is 17.6 Å². The molecule has 0 radical (unpaired) electrons. The van der Waals surface area contributed by atoms with Crippen LogP contribution in [0.3, 0.4) is 0 Å². The fourth-order valence-corrected chi connectivity index (χ4v) is 4.31. The highest BCUT2D eigenvalue weighted by Gasteiger charge is 2.31. The SMILES string of the molecule is Cc1cc(O)cc2c1C=C(c1ccc(O)cc1)C2c1cscc1C#N. The lowest BCUT2D eigenvalue weighted by molar-refractivity contribution is 0.474. The molecule has 0 aliphatic heterocycles. The number of thiophene rings is 1. The monoisotopic (exact) mass is 345 g/mol. The van der Waals surface area contributed by atoms with Crippen LogP contribution in [0.1, 0.15) is 39.3 Å². The van der Waals surface area contributed by atoms with E-state index in [1.807, 2.05) is 29.8 Å². The van der Waals surface area contributed by atoms with Gasteiger partial charge in [0.15, 0.2) is 0 Å². The molecule has 4 rings (SSSR count). The quantitative estimate of drug-likeness (QED) is 0.685. The Morgan fingerprint density at radius 2 is 1.76 bits per heavy atom. The molecule has 3 nitrogen and oxygen atoms in total. The molecule has 1 unspecified atom stereocenters. The molecule has 0 fully saturated rings. The Balaban J connectivity index is 1.96. The number of fused-ring (bicyclic) bond motifs is 1. The van der Waals surface area contributed by atoms with Crippen molar-refractivity contribution in [2.45, 2.75) is 12.8 Å². The number of hydrogen-bond donors (Lipinski definition) is 2. The van der Waals surface area contributed by atoms with Crippen molar-refractivity contribution in [2.75, 3.05) is 0 Å². The van der Waals surface area contributed by atoms with E-state index in [4.69, 9.17) is 0 Å². The van der Waals surface area contributed by atoms with Crippen LogP contribution in [-0.4, -0.2) is 10.2 Å². The normalized spacial score (nSPS) is 15.5. The van der Waals surface area contributed by atoms with Crippen LogP contribution in [0.5, 0.6) is 11.5 Å². The highest BCUT2D eigenvalue weighted by atomic mass is 32.1. The summed E-state index contributed by atoms with van der Waals surface area (Å²) in [6, 6.07) is 12.9.